The maximum atomic E-state index is 13.3. The highest BCUT2D eigenvalue weighted by atomic mass is 16.6. The largest absolute Gasteiger partial charge is 0.508 e. The van der Waals surface area contributed by atoms with E-state index in [1.807, 2.05) is 0 Å². The zero-order chi connectivity index (χ0) is 33.0. The van der Waals surface area contributed by atoms with Crippen LogP contribution in [0.5, 0.6) is 46.3 Å². The van der Waals surface area contributed by atoms with E-state index >= 15 is 0 Å². The van der Waals surface area contributed by atoms with Crippen LogP contribution in [0.25, 0.3) is 0 Å². The smallest absolute Gasteiger partial charge is 0.339 e. The highest BCUT2D eigenvalue weighted by Gasteiger charge is 2.45. The number of carbonyl (C=O) groups is 1. The van der Waals surface area contributed by atoms with Gasteiger partial charge in [-0.1, -0.05) is 5.21 Å². The molecule has 3 unspecified atom stereocenters. The van der Waals surface area contributed by atoms with Gasteiger partial charge in [-0.25, -0.2) is 9.48 Å². The van der Waals surface area contributed by atoms with Crippen LogP contribution in [0.15, 0.2) is 42.6 Å². The maximum absolute atomic E-state index is 13.3. The molecule has 17 heteroatoms. The average molecular weight is 642 g/mol. The third kappa shape index (κ3) is 7.06. The van der Waals surface area contributed by atoms with Gasteiger partial charge in [-0.2, -0.15) is 4.98 Å². The van der Waals surface area contributed by atoms with E-state index in [1.54, 1.807) is 6.20 Å². The minimum absolute atomic E-state index is 0.00386. The van der Waals surface area contributed by atoms with Crippen LogP contribution in [-0.4, -0.2) is 94.2 Å². The summed E-state index contributed by atoms with van der Waals surface area (Å²) in [5, 5.41) is 79.3. The number of hydrogen-bond donors (Lipinski definition) is 8. The second kappa shape index (κ2) is 13.6. The van der Waals surface area contributed by atoms with Crippen molar-refractivity contribution in [1.82, 2.24) is 20.0 Å². The fourth-order valence-corrected chi connectivity index (χ4v) is 4.87. The molecule has 0 amide bonds. The van der Waals surface area contributed by atoms with Crippen molar-refractivity contribution < 1.29 is 59.5 Å². The van der Waals surface area contributed by atoms with Crippen molar-refractivity contribution in [1.29, 1.82) is 0 Å². The molecular formula is C29H31N5O12. The molecule has 3 heterocycles. The fraction of sp³-hybridized carbons (Fsp3) is 0.310. The van der Waals surface area contributed by atoms with Crippen LogP contribution >= 0.6 is 0 Å². The Hall–Kier alpha value is -5.52. The van der Waals surface area contributed by atoms with E-state index < -0.39 is 59.0 Å². The molecule has 0 aliphatic carbocycles. The molecule has 0 spiro atoms. The maximum Gasteiger partial charge on any atom is 0.339 e. The van der Waals surface area contributed by atoms with E-state index in [0.717, 1.165) is 30.3 Å². The number of nitrogens with two attached hydrogens (primary N) is 1. The molecule has 46 heavy (non-hydrogen) atoms. The Morgan fingerprint density at radius 1 is 0.913 bits per heavy atom. The summed E-state index contributed by atoms with van der Waals surface area (Å²) < 4.78 is 24.9. The van der Waals surface area contributed by atoms with Gasteiger partial charge in [-0.3, -0.25) is 0 Å². The molecule has 0 fully saturated rings. The Kier molecular flexibility index (Phi) is 9.45. The van der Waals surface area contributed by atoms with Crippen molar-refractivity contribution in [3.05, 3.63) is 65.0 Å². The van der Waals surface area contributed by atoms with Crippen LogP contribution in [-0.2, 0) is 27.2 Å². The van der Waals surface area contributed by atoms with E-state index in [0.29, 0.717) is 31.9 Å². The van der Waals surface area contributed by atoms with Crippen LogP contribution in [0, 0.1) is 0 Å². The predicted octanol–water partition coefficient (Wildman–Crippen LogP) is 1.25. The Morgan fingerprint density at radius 3 is 2.33 bits per heavy atom. The number of benzene rings is 2. The number of rotatable bonds is 12. The van der Waals surface area contributed by atoms with Crippen LogP contribution in [0.2, 0.25) is 0 Å². The van der Waals surface area contributed by atoms with Crippen LogP contribution < -0.4 is 10.5 Å². The van der Waals surface area contributed by atoms with Gasteiger partial charge in [0.25, 0.3) is 0 Å². The standard InChI is InChI=1S/C29H31N5O12/c30-2-5-43-4-1-16-13-34(33-32-16)3-6-44-27-24-18(36)11-17(35)12-21(24)45-26(14-7-19(37)25(41)20(38)8-14)28(27)46-29(42)15-9-22(39)31-23(40)10-15/h7-13,26-28,35-38,41H,1-6,30H2,(H2,31,39,40). The first-order valence-corrected chi connectivity index (χ1v) is 13.9. The van der Waals surface area contributed by atoms with E-state index in [1.165, 1.54) is 10.7 Å². The quantitative estimate of drug-likeness (QED) is 0.0614. The first-order chi connectivity index (χ1) is 22.0. The Morgan fingerprint density at radius 2 is 1.63 bits per heavy atom. The summed E-state index contributed by atoms with van der Waals surface area (Å²) >= 11 is 0. The molecule has 2 aromatic heterocycles. The highest BCUT2D eigenvalue weighted by molar-refractivity contribution is 5.90. The van der Waals surface area contributed by atoms with Gasteiger partial charge >= 0.3 is 5.97 Å². The van der Waals surface area contributed by atoms with Crippen molar-refractivity contribution >= 4 is 5.97 Å². The number of phenolic OH excluding ortho intramolecular Hbond substituents is 5. The molecular weight excluding hydrogens is 610 g/mol. The molecule has 0 saturated heterocycles. The summed E-state index contributed by atoms with van der Waals surface area (Å²) in [5.41, 5.74) is 5.78. The summed E-state index contributed by atoms with van der Waals surface area (Å²) in [6.07, 6.45) is -1.99. The number of phenols is 5. The minimum Gasteiger partial charge on any atom is -0.508 e. The summed E-state index contributed by atoms with van der Waals surface area (Å²) in [6, 6.07) is 6.23. The zero-order valence-electron chi connectivity index (χ0n) is 24.1. The summed E-state index contributed by atoms with van der Waals surface area (Å²) in [6.45, 7) is 1.29. The molecule has 1 aliphatic heterocycles. The minimum atomic E-state index is -1.48. The van der Waals surface area contributed by atoms with E-state index in [2.05, 4.69) is 15.3 Å². The molecule has 0 saturated carbocycles. The topological polar surface area (TPSA) is 265 Å². The first-order valence-electron chi connectivity index (χ1n) is 13.9. The van der Waals surface area contributed by atoms with Gasteiger partial charge in [0.15, 0.2) is 29.5 Å². The van der Waals surface area contributed by atoms with Crippen molar-refractivity contribution in [3.63, 3.8) is 0 Å². The number of nitrogens with zero attached hydrogens (tertiary/aromatic N) is 4. The lowest BCUT2D eigenvalue weighted by Crippen LogP contribution is -2.40. The molecule has 4 aromatic rings. The molecule has 0 radical (unpaired) electrons. The number of ether oxygens (including phenoxy) is 4. The monoisotopic (exact) mass is 641 g/mol. The van der Waals surface area contributed by atoms with Crippen molar-refractivity contribution in [2.45, 2.75) is 31.3 Å². The average Bonchev–Trinajstić information content (AvgIpc) is 3.45. The van der Waals surface area contributed by atoms with Gasteiger partial charge in [0.05, 0.1) is 43.2 Å². The van der Waals surface area contributed by atoms with Crippen molar-refractivity contribution in [2.75, 3.05) is 26.4 Å². The number of esters is 1. The molecule has 1 aliphatic rings. The van der Waals surface area contributed by atoms with Gasteiger partial charge < -0.3 is 60.4 Å². The Balaban J connectivity index is 1.48. The second-order valence-electron chi connectivity index (χ2n) is 10.2. The lowest BCUT2D eigenvalue weighted by Gasteiger charge is -2.39. The summed E-state index contributed by atoms with van der Waals surface area (Å²) in [5.74, 6) is -5.56. The summed E-state index contributed by atoms with van der Waals surface area (Å²) in [7, 11) is 0. The zero-order valence-corrected chi connectivity index (χ0v) is 24.1. The molecule has 3 atom stereocenters. The van der Waals surface area contributed by atoms with Crippen LogP contribution in [0.1, 0.15) is 39.4 Å². The number of aromatic nitrogens is 4. The lowest BCUT2D eigenvalue weighted by atomic mass is 9.90. The molecule has 244 valence electrons. The first kappa shape index (κ1) is 31.9. The summed E-state index contributed by atoms with van der Waals surface area (Å²) in [4.78, 5) is 16.7. The Labute approximate surface area is 260 Å². The number of carbonyl (C=O) groups excluding carboxylic acids is 1. The third-order valence-electron chi connectivity index (χ3n) is 6.91. The van der Waals surface area contributed by atoms with Gasteiger partial charge in [0.1, 0.15) is 23.4 Å². The van der Waals surface area contributed by atoms with Crippen LogP contribution in [0.3, 0.4) is 0 Å². The number of fused-ring (bicyclic) bond motifs is 1. The number of pyridine rings is 1. The van der Waals surface area contributed by atoms with Gasteiger partial charge in [0, 0.05) is 49.0 Å². The molecule has 2 aromatic carbocycles. The van der Waals surface area contributed by atoms with Crippen LogP contribution in [0.4, 0.5) is 0 Å². The fourth-order valence-electron chi connectivity index (χ4n) is 4.87. The SMILES string of the molecule is NCCOCCc1cn(CCOC2c3c(O)cc(O)cc3OC(c3cc(O)c(O)c(O)c3)C2OC(=O)c2cc(O)nc(O)c2)nn1. The normalized spacial score (nSPS) is 17.3. The number of hydrogen-bond acceptors (Lipinski definition) is 16. The second-order valence-corrected chi connectivity index (χ2v) is 10.2. The van der Waals surface area contributed by atoms with Crippen molar-refractivity contribution in [2.24, 2.45) is 5.73 Å². The number of aromatic hydroxyl groups is 7. The molecule has 17 nitrogen and oxygen atoms in total. The molecule has 9 N–H and O–H groups in total. The molecule has 0 bridgehead atoms. The van der Waals surface area contributed by atoms with Gasteiger partial charge in [-0.15, -0.1) is 5.10 Å². The Bertz CT molecular complexity index is 1670. The van der Waals surface area contributed by atoms with Gasteiger partial charge in [0.2, 0.25) is 11.8 Å². The highest BCUT2D eigenvalue weighted by Crippen LogP contribution is 2.51. The third-order valence-corrected chi connectivity index (χ3v) is 6.91. The van der Waals surface area contributed by atoms with E-state index in [4.69, 9.17) is 24.7 Å². The molecule has 5 rings (SSSR count). The lowest BCUT2D eigenvalue weighted by molar-refractivity contribution is -0.112. The van der Waals surface area contributed by atoms with Crippen molar-refractivity contribution in [3.8, 4) is 46.3 Å². The van der Waals surface area contributed by atoms with Gasteiger partial charge in [-0.05, 0) is 12.1 Å². The predicted molar refractivity (Wildman–Crippen MR) is 154 cm³/mol. The van der Waals surface area contributed by atoms with E-state index in [-0.39, 0.29) is 41.3 Å². The van der Waals surface area contributed by atoms with E-state index in [9.17, 15) is 40.5 Å².